The molecule has 0 saturated carbocycles. The quantitative estimate of drug-likeness (QED) is 0.395. The van der Waals surface area contributed by atoms with E-state index in [-0.39, 0.29) is 6.54 Å². The summed E-state index contributed by atoms with van der Waals surface area (Å²) in [5.74, 6) is 1.28. The molecular formula is C24H23N7O3S. The number of aryl methyl sites for hydroxylation is 1. The third-order valence-electron chi connectivity index (χ3n) is 5.55. The molecule has 1 aliphatic heterocycles. The first-order chi connectivity index (χ1) is 17.0. The Morgan fingerprint density at radius 3 is 2.77 bits per heavy atom. The van der Waals surface area contributed by atoms with Gasteiger partial charge >= 0.3 is 6.09 Å². The summed E-state index contributed by atoms with van der Waals surface area (Å²) in [5, 5.41) is 20.0. The van der Waals surface area contributed by atoms with Crippen LogP contribution in [0.2, 0.25) is 0 Å². The van der Waals surface area contributed by atoms with E-state index in [9.17, 15) is 9.90 Å². The van der Waals surface area contributed by atoms with Gasteiger partial charge < -0.3 is 20.1 Å². The highest BCUT2D eigenvalue weighted by Gasteiger charge is 2.25. The molecule has 0 unspecified atom stereocenters. The van der Waals surface area contributed by atoms with Crippen LogP contribution in [0.15, 0.2) is 54.2 Å². The van der Waals surface area contributed by atoms with Gasteiger partial charge in [-0.3, -0.25) is 4.68 Å². The van der Waals surface area contributed by atoms with Crippen LogP contribution in [0.3, 0.4) is 0 Å². The van der Waals surface area contributed by atoms with E-state index in [2.05, 4.69) is 15.3 Å². The Bertz CT molecular complexity index is 1390. The summed E-state index contributed by atoms with van der Waals surface area (Å²) in [5.41, 5.74) is 5.10. The highest BCUT2D eigenvalue weighted by atomic mass is 32.1. The van der Waals surface area contributed by atoms with Gasteiger partial charge in [0.05, 0.1) is 31.6 Å². The van der Waals surface area contributed by atoms with E-state index in [1.165, 1.54) is 16.2 Å². The van der Waals surface area contributed by atoms with E-state index in [4.69, 9.17) is 14.8 Å². The summed E-state index contributed by atoms with van der Waals surface area (Å²) in [6, 6.07) is 9.64. The van der Waals surface area contributed by atoms with Crippen molar-refractivity contribution >= 4 is 34.1 Å². The number of carbonyl (C=O) groups is 1. The lowest BCUT2D eigenvalue weighted by molar-refractivity contribution is 0.158. The number of aromatic nitrogens is 5. The molecule has 0 aliphatic carbocycles. The molecule has 2 N–H and O–H groups in total. The summed E-state index contributed by atoms with van der Waals surface area (Å²) >= 11 is 1.44. The standard InChI is InChI=1S/C24H23N7O3S/c1-15-7-9-25-22(26-15)28-23-27-20(14-35-23)19-13-31(11-16-3-5-18(34-2)6-4-16)29-21(19)17-8-10-30(12-17)24(32)33/h3-9,13-14H,10-12H2,1-2H3,(H,32,33)(H,25,26,27,28). The third kappa shape index (κ3) is 4.99. The Labute approximate surface area is 205 Å². The van der Waals surface area contributed by atoms with Gasteiger partial charge in [-0.15, -0.1) is 11.3 Å². The summed E-state index contributed by atoms with van der Waals surface area (Å²) in [4.78, 5) is 26.1. The van der Waals surface area contributed by atoms with Crippen LogP contribution in [0.4, 0.5) is 15.9 Å². The summed E-state index contributed by atoms with van der Waals surface area (Å²) in [6.07, 6.45) is 4.60. The van der Waals surface area contributed by atoms with E-state index in [0.717, 1.165) is 39.5 Å². The minimum absolute atomic E-state index is 0.286. The van der Waals surface area contributed by atoms with Crippen molar-refractivity contribution in [1.82, 2.24) is 29.6 Å². The highest BCUT2D eigenvalue weighted by molar-refractivity contribution is 7.14. The molecule has 35 heavy (non-hydrogen) atoms. The van der Waals surface area contributed by atoms with Gasteiger partial charge in [0, 0.05) is 35.6 Å². The zero-order valence-corrected chi connectivity index (χ0v) is 20.0. The lowest BCUT2D eigenvalue weighted by Crippen LogP contribution is -2.26. The van der Waals surface area contributed by atoms with Gasteiger partial charge in [0.1, 0.15) is 5.75 Å². The molecule has 3 aromatic heterocycles. The third-order valence-corrected chi connectivity index (χ3v) is 6.31. The summed E-state index contributed by atoms with van der Waals surface area (Å²) in [6.45, 7) is 3.08. The Kier molecular flexibility index (Phi) is 6.15. The molecule has 0 bridgehead atoms. The number of benzene rings is 1. The lowest BCUT2D eigenvalue weighted by atomic mass is 10.1. The van der Waals surface area contributed by atoms with Crippen molar-refractivity contribution in [3.05, 3.63) is 71.1 Å². The van der Waals surface area contributed by atoms with Crippen LogP contribution in [-0.2, 0) is 6.54 Å². The van der Waals surface area contributed by atoms with Crippen LogP contribution in [0.5, 0.6) is 5.75 Å². The molecule has 0 radical (unpaired) electrons. The number of hydrogen-bond acceptors (Lipinski definition) is 8. The number of ether oxygens (including phenoxy) is 1. The average molecular weight is 490 g/mol. The topological polar surface area (TPSA) is 118 Å². The zero-order chi connectivity index (χ0) is 24.4. The van der Waals surface area contributed by atoms with Gasteiger partial charge in [-0.05, 0) is 36.3 Å². The number of hydrogen-bond donors (Lipinski definition) is 2. The van der Waals surface area contributed by atoms with Crippen LogP contribution >= 0.6 is 11.3 Å². The molecule has 0 atom stereocenters. The maximum atomic E-state index is 11.5. The second-order valence-electron chi connectivity index (χ2n) is 8.01. The molecule has 1 amide bonds. The van der Waals surface area contributed by atoms with Crippen LogP contribution in [-0.4, -0.2) is 61.0 Å². The van der Waals surface area contributed by atoms with Gasteiger partial charge in [-0.2, -0.15) is 5.10 Å². The molecule has 1 aromatic carbocycles. The monoisotopic (exact) mass is 489 g/mol. The number of anilines is 2. The predicted molar refractivity (Wildman–Crippen MR) is 133 cm³/mol. The molecular weight excluding hydrogens is 466 g/mol. The molecule has 1 aliphatic rings. The fourth-order valence-electron chi connectivity index (χ4n) is 3.78. The molecule has 178 valence electrons. The fraction of sp³-hybridized carbons (Fsp3) is 0.208. The number of amides is 1. The number of nitrogens with one attached hydrogen (secondary N) is 1. The molecule has 0 saturated heterocycles. The van der Waals surface area contributed by atoms with Crippen molar-refractivity contribution in [3.63, 3.8) is 0 Å². The largest absolute Gasteiger partial charge is 0.497 e. The van der Waals surface area contributed by atoms with Crippen molar-refractivity contribution < 1.29 is 14.6 Å². The number of thiazole rings is 1. The maximum Gasteiger partial charge on any atom is 0.407 e. The number of rotatable bonds is 7. The predicted octanol–water partition coefficient (Wildman–Crippen LogP) is 4.28. The Hall–Kier alpha value is -4.25. The van der Waals surface area contributed by atoms with E-state index in [0.29, 0.717) is 24.2 Å². The first-order valence-corrected chi connectivity index (χ1v) is 11.8. The molecule has 5 rings (SSSR count). The minimum Gasteiger partial charge on any atom is -0.497 e. The molecule has 0 spiro atoms. The van der Waals surface area contributed by atoms with Crippen molar-refractivity contribution in [2.24, 2.45) is 0 Å². The van der Waals surface area contributed by atoms with E-state index >= 15 is 0 Å². The van der Waals surface area contributed by atoms with Crippen molar-refractivity contribution in [2.75, 3.05) is 25.5 Å². The molecule has 10 nitrogen and oxygen atoms in total. The molecule has 4 heterocycles. The van der Waals surface area contributed by atoms with Gasteiger partial charge in [-0.1, -0.05) is 18.2 Å². The zero-order valence-electron chi connectivity index (χ0n) is 19.2. The van der Waals surface area contributed by atoms with Crippen LogP contribution in [0, 0.1) is 6.92 Å². The molecule has 0 fully saturated rings. The normalized spacial score (nSPS) is 13.1. The lowest BCUT2D eigenvalue weighted by Gasteiger charge is -2.10. The van der Waals surface area contributed by atoms with E-state index < -0.39 is 6.09 Å². The molecule has 4 aromatic rings. The van der Waals surface area contributed by atoms with Gasteiger partial charge in [0.15, 0.2) is 5.13 Å². The smallest absolute Gasteiger partial charge is 0.407 e. The van der Waals surface area contributed by atoms with E-state index in [1.807, 2.05) is 59.6 Å². The maximum absolute atomic E-state index is 11.5. The van der Waals surface area contributed by atoms with Gasteiger partial charge in [0.2, 0.25) is 5.95 Å². The first-order valence-electron chi connectivity index (χ1n) is 10.9. The number of nitrogens with zero attached hydrogens (tertiary/aromatic N) is 6. The minimum atomic E-state index is -0.950. The van der Waals surface area contributed by atoms with Crippen molar-refractivity contribution in [1.29, 1.82) is 0 Å². The van der Waals surface area contributed by atoms with Crippen molar-refractivity contribution in [3.8, 4) is 17.0 Å². The second kappa shape index (κ2) is 9.55. The van der Waals surface area contributed by atoms with Crippen LogP contribution in [0.1, 0.15) is 17.0 Å². The highest BCUT2D eigenvalue weighted by Crippen LogP contribution is 2.33. The van der Waals surface area contributed by atoms with Crippen molar-refractivity contribution in [2.45, 2.75) is 13.5 Å². The van der Waals surface area contributed by atoms with Crippen LogP contribution < -0.4 is 10.1 Å². The van der Waals surface area contributed by atoms with Gasteiger partial charge in [0.25, 0.3) is 0 Å². The molecule has 11 heteroatoms. The Balaban J connectivity index is 1.45. The van der Waals surface area contributed by atoms with E-state index in [1.54, 1.807) is 13.3 Å². The first kappa shape index (κ1) is 22.5. The van der Waals surface area contributed by atoms with Crippen LogP contribution in [0.25, 0.3) is 16.8 Å². The average Bonchev–Trinajstić information content (AvgIpc) is 3.59. The Morgan fingerprint density at radius 1 is 1.23 bits per heavy atom. The fourth-order valence-corrected chi connectivity index (χ4v) is 4.48. The SMILES string of the molecule is COc1ccc(Cn2cc(-c3csc(Nc4nccc(C)n4)n3)c(C3=CCN(C(=O)O)C3)n2)cc1. The second-order valence-corrected chi connectivity index (χ2v) is 8.87. The number of carboxylic acid groups (broad SMARTS) is 1. The summed E-state index contributed by atoms with van der Waals surface area (Å²) in [7, 11) is 1.64. The van der Waals surface area contributed by atoms with Gasteiger partial charge in [-0.25, -0.2) is 19.7 Å². The summed E-state index contributed by atoms with van der Waals surface area (Å²) < 4.78 is 7.10. The number of methoxy groups -OCH3 is 1. The Morgan fingerprint density at radius 2 is 2.06 bits per heavy atom.